The lowest BCUT2D eigenvalue weighted by molar-refractivity contribution is -0.272. The zero-order valence-electron chi connectivity index (χ0n) is 26.5. The first-order valence-electron chi connectivity index (χ1n) is 14.4. The first-order valence-corrected chi connectivity index (χ1v) is 14.4. The van der Waals surface area contributed by atoms with Crippen molar-refractivity contribution in [2.75, 3.05) is 45.1 Å². The molecule has 0 aromatic heterocycles. The van der Waals surface area contributed by atoms with Crippen LogP contribution in [-0.4, -0.2) is 51.8 Å². The van der Waals surface area contributed by atoms with E-state index >= 15 is 0 Å². The van der Waals surface area contributed by atoms with Crippen molar-refractivity contribution >= 4 is 23.2 Å². The van der Waals surface area contributed by atoms with Crippen molar-refractivity contribution < 1.29 is 38.3 Å². The molecule has 13 heteroatoms. The second-order valence-corrected chi connectivity index (χ2v) is 10.5. The summed E-state index contributed by atoms with van der Waals surface area (Å²) in [6, 6.07) is 19.6. The quantitative estimate of drug-likeness (QED) is 0.112. The van der Waals surface area contributed by atoms with Crippen LogP contribution in [0.3, 0.4) is 0 Å². The molecule has 1 unspecified atom stereocenters. The number of hydrogen-bond donors (Lipinski definition) is 4. The molecule has 4 N–H and O–H groups in total. The van der Waals surface area contributed by atoms with Gasteiger partial charge >= 0.3 is 0 Å². The third kappa shape index (κ3) is 7.26. The van der Waals surface area contributed by atoms with E-state index in [0.29, 0.717) is 52.1 Å². The smallest absolute Gasteiger partial charge is 0.256 e. The highest BCUT2D eigenvalue weighted by atomic mass is 17.2. The van der Waals surface area contributed by atoms with Crippen LogP contribution in [-0.2, 0) is 24.9 Å². The van der Waals surface area contributed by atoms with Crippen LogP contribution in [0, 0.1) is 11.3 Å². The fourth-order valence-electron chi connectivity index (χ4n) is 4.56. The molecule has 0 saturated heterocycles. The molecule has 4 rings (SSSR count). The minimum atomic E-state index is -1.41. The third-order valence-corrected chi connectivity index (χ3v) is 7.00. The Morgan fingerprint density at radius 2 is 1.61 bits per heavy atom. The number of carbonyl (C=O) groups is 2. The number of nitriles is 1. The number of rotatable bonds is 14. The van der Waals surface area contributed by atoms with Crippen molar-refractivity contribution in [3.05, 3.63) is 78.0 Å². The van der Waals surface area contributed by atoms with Gasteiger partial charge in [0, 0.05) is 37.2 Å². The average Bonchev–Trinajstić information content (AvgIpc) is 3.07. The van der Waals surface area contributed by atoms with Crippen LogP contribution in [0.4, 0.5) is 11.4 Å². The van der Waals surface area contributed by atoms with Gasteiger partial charge in [0.1, 0.15) is 17.4 Å². The zero-order valence-corrected chi connectivity index (χ0v) is 26.5. The van der Waals surface area contributed by atoms with E-state index in [4.69, 9.17) is 28.7 Å². The Morgan fingerprint density at radius 1 is 0.935 bits per heavy atom. The van der Waals surface area contributed by atoms with Crippen LogP contribution in [0.5, 0.6) is 28.7 Å². The molecule has 1 heterocycles. The summed E-state index contributed by atoms with van der Waals surface area (Å²) in [5.74, 6) is 1.19. The molecule has 0 saturated carbocycles. The lowest BCUT2D eigenvalue weighted by Crippen LogP contribution is -2.48. The topological polar surface area (TPSA) is 161 Å². The zero-order chi connectivity index (χ0) is 33.3. The number of likely N-dealkylation sites (N-methyl/N-ethyl adjacent to an activating group) is 1. The predicted octanol–water partition coefficient (Wildman–Crippen LogP) is 4.58. The van der Waals surface area contributed by atoms with Gasteiger partial charge in [0.05, 0.1) is 26.5 Å². The molecule has 1 aliphatic rings. The largest absolute Gasteiger partial charge is 0.493 e. The Kier molecular flexibility index (Phi) is 10.6. The fraction of sp³-hybridized carbons (Fsp3) is 0.303. The van der Waals surface area contributed by atoms with Crippen LogP contribution in [0.25, 0.3) is 0 Å². The molecule has 1 aliphatic heterocycles. The Bertz CT molecular complexity index is 1630. The number of methoxy groups -OCH3 is 3. The van der Waals surface area contributed by atoms with Crippen molar-refractivity contribution in [1.29, 1.82) is 5.26 Å². The number of hydrogen-bond acceptors (Lipinski definition) is 11. The molecule has 3 aromatic carbocycles. The van der Waals surface area contributed by atoms with Gasteiger partial charge in [-0.3, -0.25) is 9.59 Å². The van der Waals surface area contributed by atoms with Crippen molar-refractivity contribution in [2.24, 2.45) is 0 Å². The van der Waals surface area contributed by atoms with E-state index in [1.165, 1.54) is 28.1 Å². The van der Waals surface area contributed by atoms with E-state index in [-0.39, 0.29) is 18.2 Å². The molecule has 13 nitrogen and oxygen atoms in total. The summed E-state index contributed by atoms with van der Waals surface area (Å²) in [5.41, 5.74) is -0.531. The SMILES string of the molecule is CCNC(=O)CNC(=O)C(C)(C)OOc1ccccc1Oc1ccc(NC2(OC)C(C#N)=CNc3cc(OC)c(OC)cc32)cc1. The van der Waals surface area contributed by atoms with Gasteiger partial charge in [-0.2, -0.15) is 10.1 Å². The van der Waals surface area contributed by atoms with Gasteiger partial charge in [0.15, 0.2) is 22.8 Å². The Balaban J connectivity index is 1.49. The summed E-state index contributed by atoms with van der Waals surface area (Å²) in [5, 5.41) is 21.6. The Labute approximate surface area is 267 Å². The first kappa shape index (κ1) is 33.4. The van der Waals surface area contributed by atoms with Crippen molar-refractivity contribution in [3.63, 3.8) is 0 Å². The van der Waals surface area contributed by atoms with E-state index in [0.717, 1.165) is 0 Å². The molecule has 242 valence electrons. The number of nitrogens with one attached hydrogen (secondary N) is 4. The van der Waals surface area contributed by atoms with Crippen molar-refractivity contribution in [2.45, 2.75) is 32.1 Å². The minimum Gasteiger partial charge on any atom is -0.493 e. The number of para-hydroxylation sites is 2. The number of ether oxygens (including phenoxy) is 4. The Morgan fingerprint density at radius 3 is 2.24 bits per heavy atom. The van der Waals surface area contributed by atoms with Gasteiger partial charge < -0.3 is 45.1 Å². The lowest BCUT2D eigenvalue weighted by atomic mass is 9.90. The summed E-state index contributed by atoms with van der Waals surface area (Å²) in [4.78, 5) is 35.2. The van der Waals surface area contributed by atoms with E-state index in [1.54, 1.807) is 80.9 Å². The summed E-state index contributed by atoms with van der Waals surface area (Å²) in [6.45, 7) is 5.09. The molecule has 0 radical (unpaired) electrons. The fourth-order valence-corrected chi connectivity index (χ4v) is 4.56. The first-order chi connectivity index (χ1) is 22.1. The molecule has 0 bridgehead atoms. The number of nitrogens with zero attached hydrogens (tertiary/aromatic N) is 1. The summed E-state index contributed by atoms with van der Waals surface area (Å²) < 4.78 is 23.0. The van der Waals surface area contributed by atoms with E-state index in [2.05, 4.69) is 27.3 Å². The number of benzene rings is 3. The van der Waals surface area contributed by atoms with Gasteiger partial charge in [-0.25, -0.2) is 0 Å². The molecular formula is C33H37N5O8. The van der Waals surface area contributed by atoms with Gasteiger partial charge in [-0.05, 0) is 63.2 Å². The highest BCUT2D eigenvalue weighted by Gasteiger charge is 2.42. The summed E-state index contributed by atoms with van der Waals surface area (Å²) in [6.07, 6.45) is 1.58. The summed E-state index contributed by atoms with van der Waals surface area (Å²) >= 11 is 0. The van der Waals surface area contributed by atoms with E-state index in [1.807, 2.05) is 0 Å². The number of carbonyl (C=O) groups excluding carboxylic acids is 2. The molecule has 0 spiro atoms. The number of amides is 2. The average molecular weight is 632 g/mol. The van der Waals surface area contributed by atoms with Gasteiger partial charge in [-0.15, -0.1) is 0 Å². The normalized spacial score (nSPS) is 15.2. The third-order valence-electron chi connectivity index (χ3n) is 7.00. The van der Waals surface area contributed by atoms with Crippen LogP contribution in [0.2, 0.25) is 0 Å². The summed E-state index contributed by atoms with van der Waals surface area (Å²) in [7, 11) is 4.59. The highest BCUT2D eigenvalue weighted by molar-refractivity contribution is 5.88. The van der Waals surface area contributed by atoms with Gasteiger partial charge in [0.25, 0.3) is 5.91 Å². The maximum atomic E-state index is 12.6. The second-order valence-electron chi connectivity index (χ2n) is 10.5. The molecule has 0 fully saturated rings. The van der Waals surface area contributed by atoms with Crippen LogP contribution >= 0.6 is 0 Å². The molecule has 46 heavy (non-hydrogen) atoms. The maximum Gasteiger partial charge on any atom is 0.256 e. The van der Waals surface area contributed by atoms with Crippen molar-refractivity contribution in [1.82, 2.24) is 10.6 Å². The molecule has 2 amide bonds. The van der Waals surface area contributed by atoms with E-state index < -0.39 is 17.2 Å². The highest BCUT2D eigenvalue weighted by Crippen LogP contribution is 2.46. The Hall–Kier alpha value is -5.45. The lowest BCUT2D eigenvalue weighted by Gasteiger charge is -2.38. The second kappa shape index (κ2) is 14.6. The van der Waals surface area contributed by atoms with Gasteiger partial charge in [0.2, 0.25) is 17.4 Å². The predicted molar refractivity (Wildman–Crippen MR) is 170 cm³/mol. The van der Waals surface area contributed by atoms with Crippen LogP contribution < -0.4 is 40.4 Å². The number of fused-ring (bicyclic) bond motifs is 1. The maximum absolute atomic E-state index is 12.6. The monoisotopic (exact) mass is 631 g/mol. The van der Waals surface area contributed by atoms with Crippen molar-refractivity contribution in [3.8, 4) is 34.8 Å². The van der Waals surface area contributed by atoms with Crippen LogP contribution in [0.1, 0.15) is 26.3 Å². The molecule has 3 aromatic rings. The van der Waals surface area contributed by atoms with Crippen LogP contribution in [0.15, 0.2) is 72.4 Å². The number of anilines is 2. The standard InChI is InChI=1S/C33H37N5O8/c1-7-35-30(39)20-37-31(40)32(2,3)46-45-27-11-9-8-10-26(27)44-23-14-12-22(13-15-23)38-33(43-6)21(18-34)19-36-25-17-29(42-5)28(41-4)16-24(25)33/h8-17,19,36,38H,7,20H2,1-6H3,(H,35,39)(H,37,40). The minimum absolute atomic E-state index is 0.185. The molecule has 1 atom stereocenters. The van der Waals surface area contributed by atoms with E-state index in [9.17, 15) is 14.9 Å². The molecule has 0 aliphatic carbocycles. The molecular weight excluding hydrogens is 594 g/mol. The van der Waals surface area contributed by atoms with Gasteiger partial charge in [-0.1, -0.05) is 12.1 Å².